The second kappa shape index (κ2) is 6.51. The highest BCUT2D eigenvalue weighted by Crippen LogP contribution is 2.39. The molecule has 1 atom stereocenters. The lowest BCUT2D eigenvalue weighted by Gasteiger charge is -2.17. The first-order valence-corrected chi connectivity index (χ1v) is 9.40. The van der Waals surface area contributed by atoms with Gasteiger partial charge in [-0.05, 0) is 18.2 Å². The molecule has 1 aromatic heterocycles. The molecule has 136 valence electrons. The molecule has 2 aliphatic rings. The first kappa shape index (κ1) is 16.0. The molecule has 2 aromatic carbocycles. The molecule has 5 rings (SSSR count). The topological polar surface area (TPSA) is 100 Å². The molecule has 0 saturated carbocycles. The minimum Gasteiger partial charge on any atom is -0.454 e. The normalized spacial score (nSPS) is 16.8. The summed E-state index contributed by atoms with van der Waals surface area (Å²) in [5, 5.41) is 15.7. The maximum atomic E-state index is 12.2. The summed E-state index contributed by atoms with van der Waals surface area (Å²) in [7, 11) is 0. The smallest absolute Gasteiger partial charge is 0.234 e. The van der Waals surface area contributed by atoms with E-state index in [1.165, 1.54) is 11.8 Å². The highest BCUT2D eigenvalue weighted by atomic mass is 32.2. The lowest BCUT2D eigenvalue weighted by atomic mass is 10.2. The molecule has 1 unspecified atom stereocenters. The Labute approximate surface area is 158 Å². The van der Waals surface area contributed by atoms with E-state index >= 15 is 0 Å². The highest BCUT2D eigenvalue weighted by molar-refractivity contribution is 8.00. The van der Waals surface area contributed by atoms with Crippen LogP contribution in [0.2, 0.25) is 0 Å². The number of hydrogen-bond acceptors (Lipinski definition) is 7. The van der Waals surface area contributed by atoms with E-state index in [1.807, 2.05) is 24.3 Å². The van der Waals surface area contributed by atoms with Gasteiger partial charge in [0.05, 0.1) is 5.75 Å². The van der Waals surface area contributed by atoms with Gasteiger partial charge in [0.25, 0.3) is 0 Å². The maximum Gasteiger partial charge on any atom is 0.234 e. The molecular formula is C18H15N5O3S. The molecule has 2 aliphatic heterocycles. The summed E-state index contributed by atoms with van der Waals surface area (Å²) in [4.78, 5) is 15.5. The average molecular weight is 381 g/mol. The van der Waals surface area contributed by atoms with Crippen molar-refractivity contribution in [3.05, 3.63) is 42.5 Å². The number of carbonyl (C=O) groups excluding carboxylic acids is 1. The SMILES string of the molecule is O=C(CSC1N=Nc2c([nH]c3ccccc23)N1)Nc1ccc2c(c1)OCO2. The number of azo groups is 1. The number of thioether (sulfide) groups is 1. The Kier molecular flexibility index (Phi) is 3.86. The van der Waals surface area contributed by atoms with E-state index in [1.54, 1.807) is 18.2 Å². The second-order valence-corrected chi connectivity index (χ2v) is 7.10. The third-order valence-corrected chi connectivity index (χ3v) is 5.19. The van der Waals surface area contributed by atoms with Crippen LogP contribution in [-0.4, -0.2) is 28.9 Å². The van der Waals surface area contributed by atoms with Gasteiger partial charge < -0.3 is 25.1 Å². The Balaban J connectivity index is 1.20. The fraction of sp³-hybridized carbons (Fsp3) is 0.167. The van der Waals surface area contributed by atoms with Gasteiger partial charge in [0.2, 0.25) is 12.7 Å². The number of para-hydroxylation sites is 1. The standard InChI is InChI=1S/C18H15N5O3S/c24-15(19-10-5-6-13-14(7-10)26-9-25-13)8-27-18-21-17-16(22-23-18)11-3-1-2-4-12(11)20-17/h1-7,18,20-21H,8-9H2,(H,19,24). The van der Waals surface area contributed by atoms with Crippen molar-refractivity contribution in [3.8, 4) is 11.5 Å². The molecule has 0 bridgehead atoms. The number of benzene rings is 2. The van der Waals surface area contributed by atoms with Gasteiger partial charge >= 0.3 is 0 Å². The summed E-state index contributed by atoms with van der Waals surface area (Å²) in [6.45, 7) is 0.205. The Morgan fingerprint density at radius 2 is 2.11 bits per heavy atom. The lowest BCUT2D eigenvalue weighted by molar-refractivity contribution is -0.113. The van der Waals surface area contributed by atoms with Crippen LogP contribution >= 0.6 is 11.8 Å². The van der Waals surface area contributed by atoms with Gasteiger partial charge in [0.1, 0.15) is 11.5 Å². The summed E-state index contributed by atoms with van der Waals surface area (Å²) in [6.07, 6.45) is 0. The first-order chi connectivity index (χ1) is 13.3. The van der Waals surface area contributed by atoms with Crippen molar-refractivity contribution in [2.75, 3.05) is 23.2 Å². The number of anilines is 2. The number of ether oxygens (including phenoxy) is 2. The number of aromatic nitrogens is 1. The number of H-pyrrole nitrogens is 1. The molecule has 0 fully saturated rings. The summed E-state index contributed by atoms with van der Waals surface area (Å²) < 4.78 is 10.6. The first-order valence-electron chi connectivity index (χ1n) is 8.35. The van der Waals surface area contributed by atoms with Gasteiger partial charge in [-0.15, -0.1) is 16.9 Å². The van der Waals surface area contributed by atoms with Gasteiger partial charge in [-0.1, -0.05) is 18.2 Å². The largest absolute Gasteiger partial charge is 0.454 e. The molecular weight excluding hydrogens is 366 g/mol. The van der Waals surface area contributed by atoms with E-state index in [9.17, 15) is 4.79 Å². The van der Waals surface area contributed by atoms with Crippen molar-refractivity contribution in [2.24, 2.45) is 10.2 Å². The van der Waals surface area contributed by atoms with E-state index in [2.05, 4.69) is 25.8 Å². The molecule has 9 heteroatoms. The van der Waals surface area contributed by atoms with Crippen molar-refractivity contribution in [3.63, 3.8) is 0 Å². The molecule has 3 heterocycles. The van der Waals surface area contributed by atoms with Crippen LogP contribution in [0.25, 0.3) is 10.9 Å². The molecule has 0 saturated heterocycles. The fourth-order valence-corrected chi connectivity index (χ4v) is 3.70. The number of amides is 1. The number of nitrogens with zero attached hydrogens (tertiary/aromatic N) is 2. The van der Waals surface area contributed by atoms with Crippen molar-refractivity contribution in [2.45, 2.75) is 5.50 Å². The molecule has 0 spiro atoms. The average Bonchev–Trinajstić information content (AvgIpc) is 3.29. The monoisotopic (exact) mass is 381 g/mol. The fourth-order valence-electron chi connectivity index (χ4n) is 3.00. The Hall–Kier alpha value is -3.20. The lowest BCUT2D eigenvalue weighted by Crippen LogP contribution is -2.20. The van der Waals surface area contributed by atoms with Crippen molar-refractivity contribution in [1.82, 2.24) is 4.98 Å². The van der Waals surface area contributed by atoms with Gasteiger partial charge in [-0.2, -0.15) is 5.11 Å². The Morgan fingerprint density at radius 3 is 3.07 bits per heavy atom. The summed E-state index contributed by atoms with van der Waals surface area (Å²) in [5.41, 5.74) is 2.14. The van der Waals surface area contributed by atoms with Crippen LogP contribution in [0.1, 0.15) is 0 Å². The molecule has 0 radical (unpaired) electrons. The van der Waals surface area contributed by atoms with Crippen LogP contribution < -0.4 is 20.1 Å². The van der Waals surface area contributed by atoms with Crippen molar-refractivity contribution in [1.29, 1.82) is 0 Å². The number of fused-ring (bicyclic) bond motifs is 4. The third-order valence-electron chi connectivity index (χ3n) is 4.24. The van der Waals surface area contributed by atoms with E-state index in [0.717, 1.165) is 22.4 Å². The number of aromatic amines is 1. The Bertz CT molecular complexity index is 1060. The molecule has 3 N–H and O–H groups in total. The Morgan fingerprint density at radius 1 is 1.22 bits per heavy atom. The number of nitrogens with one attached hydrogen (secondary N) is 3. The van der Waals surface area contributed by atoms with E-state index < -0.39 is 0 Å². The highest BCUT2D eigenvalue weighted by Gasteiger charge is 2.21. The quantitative estimate of drug-likeness (QED) is 0.633. The van der Waals surface area contributed by atoms with Crippen LogP contribution in [0.4, 0.5) is 17.2 Å². The van der Waals surface area contributed by atoms with Gasteiger partial charge in [-0.25, -0.2) is 0 Å². The second-order valence-electron chi connectivity index (χ2n) is 6.03. The van der Waals surface area contributed by atoms with Gasteiger partial charge in [0.15, 0.2) is 17.0 Å². The van der Waals surface area contributed by atoms with Crippen LogP contribution in [0.3, 0.4) is 0 Å². The maximum absolute atomic E-state index is 12.2. The molecule has 1 amide bonds. The zero-order valence-corrected chi connectivity index (χ0v) is 14.9. The molecule has 3 aromatic rings. The zero-order valence-electron chi connectivity index (χ0n) is 14.1. The predicted octanol–water partition coefficient (Wildman–Crippen LogP) is 4.06. The summed E-state index contributed by atoms with van der Waals surface area (Å²) in [5.74, 6) is 2.25. The molecule has 0 aliphatic carbocycles. The number of hydrogen-bond donors (Lipinski definition) is 3. The van der Waals surface area contributed by atoms with Gasteiger partial charge in [-0.3, -0.25) is 4.79 Å². The van der Waals surface area contributed by atoms with E-state index in [4.69, 9.17) is 9.47 Å². The van der Waals surface area contributed by atoms with E-state index in [-0.39, 0.29) is 24.0 Å². The van der Waals surface area contributed by atoms with Crippen LogP contribution in [0, 0.1) is 0 Å². The predicted molar refractivity (Wildman–Crippen MR) is 104 cm³/mol. The van der Waals surface area contributed by atoms with Crippen molar-refractivity contribution < 1.29 is 14.3 Å². The zero-order chi connectivity index (χ0) is 18.2. The third kappa shape index (κ3) is 3.06. The minimum absolute atomic E-state index is 0.127. The van der Waals surface area contributed by atoms with Crippen LogP contribution in [0.15, 0.2) is 52.7 Å². The van der Waals surface area contributed by atoms with Crippen molar-refractivity contribution >= 4 is 45.8 Å². The molecule has 8 nitrogen and oxygen atoms in total. The summed E-state index contributed by atoms with van der Waals surface area (Å²) >= 11 is 1.36. The number of carbonyl (C=O) groups is 1. The molecule has 27 heavy (non-hydrogen) atoms. The van der Waals surface area contributed by atoms with Gasteiger partial charge in [0, 0.05) is 22.7 Å². The minimum atomic E-state index is -0.326. The van der Waals surface area contributed by atoms with E-state index in [0.29, 0.717) is 17.2 Å². The summed E-state index contributed by atoms with van der Waals surface area (Å²) in [6, 6.07) is 13.2. The number of rotatable bonds is 4. The van der Waals surface area contributed by atoms with Crippen LogP contribution in [-0.2, 0) is 4.79 Å². The van der Waals surface area contributed by atoms with Crippen LogP contribution in [0.5, 0.6) is 11.5 Å².